The number of hydrogen-bond acceptors (Lipinski definition) is 1. The summed E-state index contributed by atoms with van der Waals surface area (Å²) in [4.78, 5) is 0. The number of halogens is 1. The van der Waals surface area contributed by atoms with Gasteiger partial charge in [-0.05, 0) is 18.2 Å². The van der Waals surface area contributed by atoms with Gasteiger partial charge in [0.25, 0.3) is 0 Å². The lowest BCUT2D eigenvalue weighted by Gasteiger charge is -2.06. The molecule has 0 aliphatic heterocycles. The van der Waals surface area contributed by atoms with Gasteiger partial charge in [-0.1, -0.05) is 0 Å². The fourth-order valence-corrected chi connectivity index (χ4v) is 0.920. The summed E-state index contributed by atoms with van der Waals surface area (Å²) in [5.74, 6) is 0.359. The highest BCUT2D eigenvalue weighted by Gasteiger charge is 2.01. The second kappa shape index (κ2) is 4.07. The topological polar surface area (TPSA) is 23.3 Å². The van der Waals surface area contributed by atoms with E-state index in [4.69, 9.17) is 4.74 Å². The summed E-state index contributed by atoms with van der Waals surface area (Å²) in [6.07, 6.45) is 0. The molecule has 0 spiro atoms. The Labute approximate surface area is 71.4 Å². The van der Waals surface area contributed by atoms with Crippen LogP contribution in [0.5, 0.6) is 5.75 Å². The monoisotopic (exact) mass is 167 g/mol. The van der Waals surface area contributed by atoms with Crippen LogP contribution in [0.3, 0.4) is 0 Å². The normalized spacial score (nSPS) is 9.92. The minimum absolute atomic E-state index is 0.275. The summed E-state index contributed by atoms with van der Waals surface area (Å²) in [6.45, 7) is 0.281. The average Bonchev–Trinajstić information content (AvgIpc) is 2.09. The van der Waals surface area contributed by atoms with Crippen LogP contribution in [0.4, 0.5) is 4.39 Å². The Morgan fingerprint density at radius 2 is 2.33 bits per heavy atom. The number of benzene rings is 1. The quantitative estimate of drug-likeness (QED) is 0.629. The van der Waals surface area contributed by atoms with Crippen molar-refractivity contribution in [3.63, 3.8) is 0 Å². The molecule has 0 atom stereocenters. The molecule has 0 fully saturated rings. The molecule has 0 saturated carbocycles. The van der Waals surface area contributed by atoms with Crippen LogP contribution in [0.1, 0.15) is 5.56 Å². The molecule has 0 saturated heterocycles. The van der Waals surface area contributed by atoms with Crippen LogP contribution in [0.15, 0.2) is 18.2 Å². The molecule has 0 aliphatic rings. The highest BCUT2D eigenvalue weighted by Crippen LogP contribution is 2.16. The molecule has 1 aromatic carbocycles. The minimum Gasteiger partial charge on any atom is -0.497 e. The van der Waals surface area contributed by atoms with E-state index in [2.05, 4.69) is 12.4 Å². The average molecular weight is 167 g/mol. The molecule has 0 unspecified atom stereocenters. The molecule has 3 heteroatoms. The molecule has 0 heterocycles. The molecule has 1 radical (unpaired) electrons. The van der Waals surface area contributed by atoms with Crippen molar-refractivity contribution in [3.05, 3.63) is 36.6 Å². The molecule has 0 aromatic heterocycles. The zero-order valence-electron chi connectivity index (χ0n) is 6.88. The Balaban J connectivity index is 2.91. The molecule has 0 bridgehead atoms. The Kier molecular flexibility index (Phi) is 3.05. The number of ether oxygens (including phenoxy) is 1. The molecule has 0 N–H and O–H groups in total. The van der Waals surface area contributed by atoms with Crippen molar-refractivity contribution in [2.75, 3.05) is 7.11 Å². The summed E-state index contributed by atoms with van der Waals surface area (Å²) in [5.41, 5.74) is 0.504. The summed E-state index contributed by atoms with van der Waals surface area (Å²) in [5, 5.41) is 3.60. The third kappa shape index (κ3) is 1.95. The van der Waals surface area contributed by atoms with Crippen molar-refractivity contribution < 1.29 is 9.13 Å². The van der Waals surface area contributed by atoms with E-state index in [-0.39, 0.29) is 12.4 Å². The van der Waals surface area contributed by atoms with Gasteiger partial charge in [-0.25, -0.2) is 4.39 Å². The molecule has 0 amide bonds. The highest BCUT2D eigenvalue weighted by molar-refractivity contribution is 5.29. The summed E-state index contributed by atoms with van der Waals surface area (Å²) >= 11 is 0. The van der Waals surface area contributed by atoms with Crippen LogP contribution < -0.4 is 10.1 Å². The number of nitrogens with zero attached hydrogens (tertiary/aromatic N) is 1. The maximum atomic E-state index is 12.9. The third-order valence-corrected chi connectivity index (χ3v) is 1.54. The predicted molar refractivity (Wildman–Crippen MR) is 44.1 cm³/mol. The van der Waals surface area contributed by atoms with E-state index >= 15 is 0 Å². The van der Waals surface area contributed by atoms with Gasteiger partial charge in [-0.15, -0.1) is 0 Å². The first-order valence-corrected chi connectivity index (χ1v) is 3.53. The van der Waals surface area contributed by atoms with Gasteiger partial charge in [0.1, 0.15) is 11.6 Å². The lowest BCUT2D eigenvalue weighted by atomic mass is 10.2. The van der Waals surface area contributed by atoms with Crippen LogP contribution in [-0.4, -0.2) is 7.11 Å². The molecular formula is C9H10FNO-. The highest BCUT2D eigenvalue weighted by atomic mass is 19.1. The Hall–Kier alpha value is -1.09. The molecule has 1 aromatic rings. The van der Waals surface area contributed by atoms with E-state index in [1.807, 2.05) is 0 Å². The fraction of sp³-hybridized carbons (Fsp3) is 0.222. The SMILES string of the molecule is [CH2-][N]Cc1cc(OC)ccc1F. The number of rotatable bonds is 3. The van der Waals surface area contributed by atoms with Crippen molar-refractivity contribution in [1.82, 2.24) is 5.32 Å². The van der Waals surface area contributed by atoms with E-state index < -0.39 is 0 Å². The van der Waals surface area contributed by atoms with Crippen molar-refractivity contribution in [2.24, 2.45) is 0 Å². The Morgan fingerprint density at radius 1 is 1.58 bits per heavy atom. The standard InChI is InChI=1S/C9H10FNO/c1-11-6-7-5-8(12-2)3-4-9(7)10/h3-5H,1,6H2,2H3/q-1. The fourth-order valence-electron chi connectivity index (χ4n) is 0.920. The largest absolute Gasteiger partial charge is 0.497 e. The molecule has 0 aliphatic carbocycles. The zero-order chi connectivity index (χ0) is 8.97. The smallest absolute Gasteiger partial charge is 0.127 e. The summed E-state index contributed by atoms with van der Waals surface area (Å²) in [7, 11) is 4.84. The second-order valence-corrected chi connectivity index (χ2v) is 2.34. The van der Waals surface area contributed by atoms with E-state index in [1.54, 1.807) is 19.2 Å². The van der Waals surface area contributed by atoms with E-state index in [0.717, 1.165) is 0 Å². The minimum atomic E-state index is -0.275. The lowest BCUT2D eigenvalue weighted by Crippen LogP contribution is -1.98. The first kappa shape index (κ1) is 9.00. The third-order valence-electron chi connectivity index (χ3n) is 1.54. The summed E-state index contributed by atoms with van der Waals surface area (Å²) < 4.78 is 17.9. The lowest BCUT2D eigenvalue weighted by molar-refractivity contribution is 0.412. The van der Waals surface area contributed by atoms with Gasteiger partial charge in [-0.3, -0.25) is 7.05 Å². The summed E-state index contributed by atoms with van der Waals surface area (Å²) in [6, 6.07) is 4.55. The first-order chi connectivity index (χ1) is 5.77. The van der Waals surface area contributed by atoms with Gasteiger partial charge in [0.2, 0.25) is 0 Å². The Morgan fingerprint density at radius 3 is 2.92 bits per heavy atom. The van der Waals surface area contributed by atoms with Gasteiger partial charge in [0.15, 0.2) is 0 Å². The van der Waals surface area contributed by atoms with E-state index in [9.17, 15) is 4.39 Å². The number of methoxy groups -OCH3 is 1. The van der Waals surface area contributed by atoms with Gasteiger partial charge in [0, 0.05) is 12.1 Å². The zero-order valence-corrected chi connectivity index (χ0v) is 6.88. The van der Waals surface area contributed by atoms with Crippen molar-refractivity contribution >= 4 is 0 Å². The van der Waals surface area contributed by atoms with Gasteiger partial charge < -0.3 is 10.1 Å². The van der Waals surface area contributed by atoms with Gasteiger partial charge >= 0.3 is 0 Å². The van der Waals surface area contributed by atoms with Gasteiger partial charge in [0.05, 0.1) is 7.11 Å². The second-order valence-electron chi connectivity index (χ2n) is 2.34. The van der Waals surface area contributed by atoms with Crippen LogP contribution in [0.25, 0.3) is 0 Å². The first-order valence-electron chi connectivity index (χ1n) is 3.53. The molecule has 1 rings (SSSR count). The van der Waals surface area contributed by atoms with E-state index in [0.29, 0.717) is 11.3 Å². The predicted octanol–water partition coefficient (Wildman–Crippen LogP) is 1.73. The maximum absolute atomic E-state index is 12.9. The van der Waals surface area contributed by atoms with Crippen molar-refractivity contribution in [1.29, 1.82) is 0 Å². The molecule has 2 nitrogen and oxygen atoms in total. The van der Waals surface area contributed by atoms with E-state index in [1.165, 1.54) is 6.07 Å². The van der Waals surface area contributed by atoms with Gasteiger partial charge in [-0.2, -0.15) is 0 Å². The van der Waals surface area contributed by atoms with Crippen molar-refractivity contribution in [3.8, 4) is 5.75 Å². The van der Waals surface area contributed by atoms with Crippen LogP contribution in [0.2, 0.25) is 0 Å². The van der Waals surface area contributed by atoms with Crippen LogP contribution >= 0.6 is 0 Å². The molecule has 65 valence electrons. The number of hydrogen-bond donors (Lipinski definition) is 0. The van der Waals surface area contributed by atoms with Crippen LogP contribution in [0, 0.1) is 12.9 Å². The molecule has 12 heavy (non-hydrogen) atoms. The van der Waals surface area contributed by atoms with Crippen LogP contribution in [-0.2, 0) is 6.54 Å². The maximum Gasteiger partial charge on any atom is 0.127 e. The van der Waals surface area contributed by atoms with Crippen molar-refractivity contribution in [2.45, 2.75) is 6.54 Å². The Bertz CT molecular complexity index is 263. The molecular weight excluding hydrogens is 157 g/mol.